The highest BCUT2D eigenvalue weighted by molar-refractivity contribution is 5.91. The Morgan fingerprint density at radius 2 is 2.19 bits per heavy atom. The van der Waals surface area contributed by atoms with Gasteiger partial charge in [0.25, 0.3) is 0 Å². The zero-order chi connectivity index (χ0) is 18.7. The highest BCUT2D eigenvalue weighted by Crippen LogP contribution is 2.24. The molecule has 1 aromatic heterocycles. The maximum Gasteiger partial charge on any atom is 0.337 e. The minimum Gasteiger partial charge on any atom is -0.478 e. The van der Waals surface area contributed by atoms with Gasteiger partial charge in [0, 0.05) is 43.2 Å². The molecule has 0 saturated carbocycles. The molecule has 1 atom stereocenters. The van der Waals surface area contributed by atoms with Crippen molar-refractivity contribution in [3.63, 3.8) is 0 Å². The van der Waals surface area contributed by atoms with Crippen molar-refractivity contribution in [2.45, 2.75) is 45.9 Å². The molecule has 1 aromatic carbocycles. The van der Waals surface area contributed by atoms with Gasteiger partial charge in [0.15, 0.2) is 0 Å². The van der Waals surface area contributed by atoms with E-state index in [0.717, 1.165) is 36.3 Å². The number of aromatic nitrogens is 1. The van der Waals surface area contributed by atoms with Crippen molar-refractivity contribution in [2.75, 3.05) is 13.2 Å². The fourth-order valence-corrected chi connectivity index (χ4v) is 3.67. The van der Waals surface area contributed by atoms with E-state index in [-0.39, 0.29) is 11.9 Å². The number of nitrogens with zero attached hydrogens (tertiary/aromatic N) is 1. The van der Waals surface area contributed by atoms with Crippen LogP contribution in [0.4, 0.5) is 4.39 Å². The van der Waals surface area contributed by atoms with Gasteiger partial charge < -0.3 is 19.7 Å². The summed E-state index contributed by atoms with van der Waals surface area (Å²) < 4.78 is 21.0. The molecule has 6 heteroatoms. The van der Waals surface area contributed by atoms with Crippen LogP contribution >= 0.6 is 0 Å². The minimum absolute atomic E-state index is 0.207. The van der Waals surface area contributed by atoms with Gasteiger partial charge in [0.1, 0.15) is 5.82 Å². The quantitative estimate of drug-likeness (QED) is 0.796. The van der Waals surface area contributed by atoms with Crippen LogP contribution in [0.15, 0.2) is 24.3 Å². The highest BCUT2D eigenvalue weighted by atomic mass is 19.1. The van der Waals surface area contributed by atoms with E-state index < -0.39 is 5.97 Å². The average Bonchev–Trinajstić information content (AvgIpc) is 3.18. The number of ether oxygens (including phenoxy) is 1. The number of carboxylic acids is 1. The van der Waals surface area contributed by atoms with E-state index in [1.165, 1.54) is 12.1 Å². The van der Waals surface area contributed by atoms with E-state index in [0.29, 0.717) is 30.9 Å². The van der Waals surface area contributed by atoms with Gasteiger partial charge in [-0.15, -0.1) is 0 Å². The number of halogens is 1. The van der Waals surface area contributed by atoms with Crippen LogP contribution in [0, 0.1) is 19.7 Å². The van der Waals surface area contributed by atoms with Gasteiger partial charge in [-0.2, -0.15) is 0 Å². The summed E-state index contributed by atoms with van der Waals surface area (Å²) in [5, 5.41) is 13.0. The lowest BCUT2D eigenvalue weighted by atomic mass is 10.1. The van der Waals surface area contributed by atoms with Crippen LogP contribution in [-0.4, -0.2) is 34.9 Å². The summed E-state index contributed by atoms with van der Waals surface area (Å²) in [6, 6.07) is 6.40. The summed E-state index contributed by atoms with van der Waals surface area (Å²) in [7, 11) is 0. The Morgan fingerprint density at radius 3 is 2.85 bits per heavy atom. The fourth-order valence-electron chi connectivity index (χ4n) is 3.67. The molecule has 26 heavy (non-hydrogen) atoms. The molecule has 0 radical (unpaired) electrons. The topological polar surface area (TPSA) is 63.5 Å². The van der Waals surface area contributed by atoms with E-state index in [4.69, 9.17) is 4.74 Å². The third-order valence-corrected chi connectivity index (χ3v) is 5.05. The lowest BCUT2D eigenvalue weighted by Crippen LogP contribution is -2.26. The maximum absolute atomic E-state index is 13.5. The first-order chi connectivity index (χ1) is 12.5. The van der Waals surface area contributed by atoms with Crippen molar-refractivity contribution in [1.29, 1.82) is 0 Å². The first-order valence-corrected chi connectivity index (χ1v) is 8.96. The van der Waals surface area contributed by atoms with Crippen LogP contribution in [0.5, 0.6) is 0 Å². The molecule has 1 aliphatic rings. The smallest absolute Gasteiger partial charge is 0.337 e. The van der Waals surface area contributed by atoms with Crippen LogP contribution < -0.4 is 5.32 Å². The number of carbonyl (C=O) groups is 1. The van der Waals surface area contributed by atoms with Crippen molar-refractivity contribution >= 4 is 5.97 Å². The van der Waals surface area contributed by atoms with Crippen LogP contribution in [-0.2, 0) is 17.8 Å². The van der Waals surface area contributed by atoms with Gasteiger partial charge >= 0.3 is 5.97 Å². The third kappa shape index (κ3) is 3.97. The van der Waals surface area contributed by atoms with Crippen molar-refractivity contribution in [1.82, 2.24) is 9.88 Å². The summed E-state index contributed by atoms with van der Waals surface area (Å²) in [5.74, 6) is -1.22. The van der Waals surface area contributed by atoms with Crippen LogP contribution in [0.2, 0.25) is 0 Å². The number of carboxylic acid groups (broad SMARTS) is 1. The van der Waals surface area contributed by atoms with E-state index in [1.807, 2.05) is 17.6 Å². The van der Waals surface area contributed by atoms with Gasteiger partial charge in [-0.25, -0.2) is 9.18 Å². The molecule has 1 saturated heterocycles. The monoisotopic (exact) mass is 360 g/mol. The fraction of sp³-hybridized carbons (Fsp3) is 0.450. The van der Waals surface area contributed by atoms with Crippen LogP contribution in [0.25, 0.3) is 0 Å². The van der Waals surface area contributed by atoms with Gasteiger partial charge in [0.2, 0.25) is 0 Å². The Bertz CT molecular complexity index is 795. The Kier molecular flexibility index (Phi) is 5.74. The third-order valence-electron chi connectivity index (χ3n) is 5.05. The first-order valence-electron chi connectivity index (χ1n) is 8.96. The number of aromatic carboxylic acids is 1. The van der Waals surface area contributed by atoms with Gasteiger partial charge in [0.05, 0.1) is 11.7 Å². The van der Waals surface area contributed by atoms with Gasteiger partial charge in [-0.3, -0.25) is 0 Å². The molecule has 0 aliphatic carbocycles. The van der Waals surface area contributed by atoms with Crippen LogP contribution in [0.1, 0.15) is 45.7 Å². The van der Waals surface area contributed by atoms with E-state index in [2.05, 4.69) is 5.32 Å². The molecular formula is C20H25FN2O3. The number of hydrogen-bond donors (Lipinski definition) is 2. The Morgan fingerprint density at radius 1 is 1.38 bits per heavy atom. The summed E-state index contributed by atoms with van der Waals surface area (Å²) in [6.07, 6.45) is 2.32. The van der Waals surface area contributed by atoms with Crippen molar-refractivity contribution in [2.24, 2.45) is 0 Å². The summed E-state index contributed by atoms with van der Waals surface area (Å²) in [6.45, 7) is 6.16. The van der Waals surface area contributed by atoms with E-state index in [9.17, 15) is 14.3 Å². The molecule has 0 unspecified atom stereocenters. The standard InChI is InChI=1S/C20H25FN2O3/c1-13-18(11-22-10-17-7-4-8-26-17)19(20(24)25)14(2)23(13)12-15-5-3-6-16(21)9-15/h3,5-6,9,17,22H,4,7-8,10-12H2,1-2H3,(H,24,25)/t17-/m1/s1. The molecule has 0 bridgehead atoms. The number of rotatable bonds is 7. The lowest BCUT2D eigenvalue weighted by Gasteiger charge is -2.12. The second kappa shape index (κ2) is 8.01. The summed E-state index contributed by atoms with van der Waals surface area (Å²) in [5.41, 5.74) is 3.50. The molecule has 1 aliphatic heterocycles. The zero-order valence-electron chi connectivity index (χ0n) is 15.2. The SMILES string of the molecule is Cc1c(CNC[C@H]2CCCO2)c(C(=O)O)c(C)n1Cc1cccc(F)c1. The number of benzene rings is 1. The number of nitrogens with one attached hydrogen (secondary N) is 1. The molecular weight excluding hydrogens is 335 g/mol. The Hall–Kier alpha value is -2.18. The second-order valence-corrected chi connectivity index (χ2v) is 6.81. The maximum atomic E-state index is 13.5. The predicted octanol–water partition coefficient (Wildman–Crippen LogP) is 3.26. The first kappa shape index (κ1) is 18.6. The summed E-state index contributed by atoms with van der Waals surface area (Å²) >= 11 is 0. The predicted molar refractivity (Wildman–Crippen MR) is 97.0 cm³/mol. The summed E-state index contributed by atoms with van der Waals surface area (Å²) in [4.78, 5) is 11.8. The normalized spacial score (nSPS) is 17.0. The minimum atomic E-state index is -0.933. The molecule has 3 rings (SSSR count). The Labute approximate surface area is 152 Å². The van der Waals surface area contributed by atoms with Gasteiger partial charge in [-0.1, -0.05) is 12.1 Å². The lowest BCUT2D eigenvalue weighted by molar-refractivity contribution is 0.0694. The Balaban J connectivity index is 1.82. The molecule has 2 heterocycles. The second-order valence-electron chi connectivity index (χ2n) is 6.81. The highest BCUT2D eigenvalue weighted by Gasteiger charge is 2.23. The largest absolute Gasteiger partial charge is 0.478 e. The van der Waals surface area contributed by atoms with Gasteiger partial charge in [-0.05, 0) is 44.4 Å². The van der Waals surface area contributed by atoms with Crippen molar-refractivity contribution in [3.05, 3.63) is 58.2 Å². The number of hydrogen-bond acceptors (Lipinski definition) is 3. The van der Waals surface area contributed by atoms with E-state index >= 15 is 0 Å². The van der Waals surface area contributed by atoms with E-state index in [1.54, 1.807) is 13.0 Å². The molecule has 1 fully saturated rings. The molecule has 140 valence electrons. The van der Waals surface area contributed by atoms with Crippen molar-refractivity contribution in [3.8, 4) is 0 Å². The average molecular weight is 360 g/mol. The zero-order valence-corrected chi connectivity index (χ0v) is 15.2. The molecule has 0 amide bonds. The molecule has 2 aromatic rings. The molecule has 2 N–H and O–H groups in total. The van der Waals surface area contributed by atoms with Crippen LogP contribution in [0.3, 0.4) is 0 Å². The molecule has 5 nitrogen and oxygen atoms in total. The molecule has 0 spiro atoms. The van der Waals surface area contributed by atoms with Crippen molar-refractivity contribution < 1.29 is 19.0 Å².